The van der Waals surface area contributed by atoms with Crippen LogP contribution >= 0.6 is 0 Å². The molecule has 0 saturated carbocycles. The molecule has 5 nitrogen and oxygen atoms in total. The number of hydrogen-bond acceptors (Lipinski definition) is 3. The van der Waals surface area contributed by atoms with Crippen LogP contribution in [0.4, 0.5) is 0 Å². The van der Waals surface area contributed by atoms with E-state index < -0.39 is 0 Å². The molecule has 2 amide bonds. The number of amides is 2. The van der Waals surface area contributed by atoms with Crippen LogP contribution in [0, 0.1) is 5.92 Å². The third-order valence-electron chi connectivity index (χ3n) is 3.75. The summed E-state index contributed by atoms with van der Waals surface area (Å²) in [6.07, 6.45) is 2.25. The second-order valence-corrected chi connectivity index (χ2v) is 5.58. The van der Waals surface area contributed by atoms with Crippen LogP contribution < -0.4 is 0 Å². The average molecular weight is 284 g/mol. The number of methoxy groups -OCH3 is 1. The molecular weight excluding hydrogens is 256 g/mol. The number of nitrogens with zero attached hydrogens (tertiary/aromatic N) is 2. The van der Waals surface area contributed by atoms with Crippen molar-refractivity contribution in [3.63, 3.8) is 0 Å². The summed E-state index contributed by atoms with van der Waals surface area (Å²) >= 11 is 0. The van der Waals surface area contributed by atoms with Crippen LogP contribution in [0.25, 0.3) is 0 Å². The summed E-state index contributed by atoms with van der Waals surface area (Å²) in [6.45, 7) is 8.72. The highest BCUT2D eigenvalue weighted by Gasteiger charge is 2.38. The Morgan fingerprint density at radius 1 is 1.40 bits per heavy atom. The lowest BCUT2D eigenvalue weighted by Crippen LogP contribution is -2.40. The average Bonchev–Trinajstić information content (AvgIpc) is 2.80. The molecule has 0 radical (unpaired) electrons. The first kappa shape index (κ1) is 17.0. The first-order valence-electron chi connectivity index (χ1n) is 7.62. The van der Waals surface area contributed by atoms with Gasteiger partial charge in [-0.05, 0) is 19.8 Å². The molecule has 1 aliphatic rings. The Hall–Kier alpha value is -1.10. The van der Waals surface area contributed by atoms with Gasteiger partial charge in [-0.15, -0.1) is 0 Å². The zero-order valence-electron chi connectivity index (χ0n) is 13.2. The van der Waals surface area contributed by atoms with Crippen molar-refractivity contribution in [1.29, 1.82) is 0 Å². The maximum atomic E-state index is 12.5. The van der Waals surface area contributed by atoms with E-state index in [1.807, 2.05) is 11.8 Å². The molecule has 0 N–H and O–H groups in total. The van der Waals surface area contributed by atoms with Crippen molar-refractivity contribution in [2.75, 3.05) is 33.4 Å². The molecule has 1 heterocycles. The normalized spacial score (nSPS) is 20.3. The molecule has 116 valence electrons. The zero-order chi connectivity index (χ0) is 15.1. The second kappa shape index (κ2) is 8.25. The summed E-state index contributed by atoms with van der Waals surface area (Å²) in [7, 11) is 1.63. The molecule has 1 saturated heterocycles. The SMILES string of the molecule is CCCN(CCC)C(=O)[C@@H]1CC(=O)N([C@H](C)COC)C1. The van der Waals surface area contributed by atoms with E-state index in [0.29, 0.717) is 19.6 Å². The van der Waals surface area contributed by atoms with Crippen LogP contribution in [0.3, 0.4) is 0 Å². The van der Waals surface area contributed by atoms with Gasteiger partial charge in [-0.3, -0.25) is 9.59 Å². The lowest BCUT2D eigenvalue weighted by atomic mass is 10.1. The summed E-state index contributed by atoms with van der Waals surface area (Å²) in [5, 5.41) is 0. The summed E-state index contributed by atoms with van der Waals surface area (Å²) < 4.78 is 5.10. The highest BCUT2D eigenvalue weighted by atomic mass is 16.5. The highest BCUT2D eigenvalue weighted by Crippen LogP contribution is 2.22. The van der Waals surface area contributed by atoms with Gasteiger partial charge in [0.1, 0.15) is 0 Å². The minimum atomic E-state index is -0.181. The fraction of sp³-hybridized carbons (Fsp3) is 0.867. The monoisotopic (exact) mass is 284 g/mol. The Morgan fingerprint density at radius 2 is 2.00 bits per heavy atom. The molecular formula is C15H28N2O3. The van der Waals surface area contributed by atoms with Gasteiger partial charge < -0.3 is 14.5 Å². The lowest BCUT2D eigenvalue weighted by Gasteiger charge is -2.26. The third-order valence-corrected chi connectivity index (χ3v) is 3.75. The van der Waals surface area contributed by atoms with Crippen molar-refractivity contribution < 1.29 is 14.3 Å². The Kier molecular flexibility index (Phi) is 6.99. The smallest absolute Gasteiger partial charge is 0.227 e. The van der Waals surface area contributed by atoms with E-state index in [9.17, 15) is 9.59 Å². The molecule has 0 aromatic rings. The van der Waals surface area contributed by atoms with Gasteiger partial charge in [0.2, 0.25) is 11.8 Å². The first-order chi connectivity index (χ1) is 9.54. The van der Waals surface area contributed by atoms with Crippen LogP contribution in [-0.4, -0.2) is 61.0 Å². The van der Waals surface area contributed by atoms with Gasteiger partial charge in [0.15, 0.2) is 0 Å². The first-order valence-corrected chi connectivity index (χ1v) is 7.62. The van der Waals surface area contributed by atoms with Gasteiger partial charge in [0.25, 0.3) is 0 Å². The van der Waals surface area contributed by atoms with E-state index in [2.05, 4.69) is 13.8 Å². The van der Waals surface area contributed by atoms with Crippen LogP contribution in [0.2, 0.25) is 0 Å². The number of likely N-dealkylation sites (tertiary alicyclic amines) is 1. The molecule has 0 aromatic carbocycles. The summed E-state index contributed by atoms with van der Waals surface area (Å²) in [5.74, 6) is 0.0231. The Morgan fingerprint density at radius 3 is 2.50 bits per heavy atom. The van der Waals surface area contributed by atoms with E-state index in [1.54, 1.807) is 12.0 Å². The van der Waals surface area contributed by atoms with Gasteiger partial charge in [-0.2, -0.15) is 0 Å². The number of ether oxygens (including phenoxy) is 1. The maximum Gasteiger partial charge on any atom is 0.227 e. The van der Waals surface area contributed by atoms with E-state index in [4.69, 9.17) is 4.74 Å². The fourth-order valence-corrected chi connectivity index (χ4v) is 2.78. The summed E-state index contributed by atoms with van der Waals surface area (Å²) in [5.41, 5.74) is 0. The second-order valence-electron chi connectivity index (χ2n) is 5.58. The molecule has 0 bridgehead atoms. The predicted molar refractivity (Wildman–Crippen MR) is 78.3 cm³/mol. The molecule has 5 heteroatoms. The molecule has 0 aliphatic carbocycles. The van der Waals surface area contributed by atoms with E-state index in [0.717, 1.165) is 25.9 Å². The van der Waals surface area contributed by atoms with Gasteiger partial charge >= 0.3 is 0 Å². The molecule has 1 fully saturated rings. The molecule has 0 spiro atoms. The molecule has 0 unspecified atom stereocenters. The van der Waals surface area contributed by atoms with Crippen LogP contribution in [0.15, 0.2) is 0 Å². The predicted octanol–water partition coefficient (Wildman–Crippen LogP) is 1.52. The van der Waals surface area contributed by atoms with Crippen molar-refractivity contribution in [1.82, 2.24) is 9.80 Å². The number of rotatable bonds is 8. The fourth-order valence-electron chi connectivity index (χ4n) is 2.78. The zero-order valence-corrected chi connectivity index (χ0v) is 13.2. The van der Waals surface area contributed by atoms with E-state index in [1.165, 1.54) is 0 Å². The molecule has 2 atom stereocenters. The summed E-state index contributed by atoms with van der Waals surface area (Å²) in [4.78, 5) is 28.2. The van der Waals surface area contributed by atoms with Gasteiger partial charge in [0, 0.05) is 33.2 Å². The number of hydrogen-bond donors (Lipinski definition) is 0. The van der Waals surface area contributed by atoms with Crippen LogP contribution in [0.5, 0.6) is 0 Å². The topological polar surface area (TPSA) is 49.9 Å². The molecule has 1 rings (SSSR count). The van der Waals surface area contributed by atoms with Crippen molar-refractivity contribution in [3.8, 4) is 0 Å². The van der Waals surface area contributed by atoms with E-state index >= 15 is 0 Å². The largest absolute Gasteiger partial charge is 0.383 e. The molecule has 0 aromatic heterocycles. The van der Waals surface area contributed by atoms with Gasteiger partial charge in [-0.1, -0.05) is 13.8 Å². The third kappa shape index (κ3) is 4.20. The van der Waals surface area contributed by atoms with Gasteiger partial charge in [0.05, 0.1) is 18.6 Å². The van der Waals surface area contributed by atoms with Crippen molar-refractivity contribution in [3.05, 3.63) is 0 Å². The van der Waals surface area contributed by atoms with Crippen molar-refractivity contribution in [2.45, 2.75) is 46.1 Å². The lowest BCUT2D eigenvalue weighted by molar-refractivity contribution is -0.136. The number of carbonyl (C=O) groups excluding carboxylic acids is 2. The Balaban J connectivity index is 2.64. The van der Waals surface area contributed by atoms with Crippen LogP contribution in [0.1, 0.15) is 40.0 Å². The Labute approximate surface area is 122 Å². The standard InChI is InChI=1S/C15H28N2O3/c1-5-7-16(8-6-2)15(19)13-9-14(18)17(10-13)12(3)11-20-4/h12-13H,5-11H2,1-4H3/t12-,13-/m1/s1. The van der Waals surface area contributed by atoms with Crippen molar-refractivity contribution in [2.24, 2.45) is 5.92 Å². The minimum Gasteiger partial charge on any atom is -0.383 e. The quantitative estimate of drug-likeness (QED) is 0.679. The van der Waals surface area contributed by atoms with Crippen LogP contribution in [-0.2, 0) is 14.3 Å². The van der Waals surface area contributed by atoms with E-state index in [-0.39, 0.29) is 23.8 Å². The maximum absolute atomic E-state index is 12.5. The Bertz CT molecular complexity index is 327. The van der Waals surface area contributed by atoms with Crippen molar-refractivity contribution >= 4 is 11.8 Å². The van der Waals surface area contributed by atoms with Gasteiger partial charge in [-0.25, -0.2) is 0 Å². The number of carbonyl (C=O) groups is 2. The molecule has 1 aliphatic heterocycles. The molecule has 20 heavy (non-hydrogen) atoms. The summed E-state index contributed by atoms with van der Waals surface area (Å²) in [6, 6.07) is 0.0381. The minimum absolute atomic E-state index is 0.0381. The highest BCUT2D eigenvalue weighted by molar-refractivity contribution is 5.89.